The van der Waals surface area contributed by atoms with Crippen LogP contribution in [-0.4, -0.2) is 29.6 Å². The number of amides is 1. The van der Waals surface area contributed by atoms with Crippen molar-refractivity contribution in [2.75, 3.05) is 11.9 Å². The largest absolute Gasteiger partial charge is 0.478 e. The molecule has 0 aliphatic rings. The molecular formula is C19H17Cl2NO5. The molecule has 2 aromatic carbocycles. The number of benzene rings is 2. The van der Waals surface area contributed by atoms with Gasteiger partial charge in [0, 0.05) is 5.69 Å². The fourth-order valence-electron chi connectivity index (χ4n) is 2.13. The van der Waals surface area contributed by atoms with Crippen LogP contribution in [0.1, 0.15) is 44.9 Å². The van der Waals surface area contributed by atoms with Crippen LogP contribution in [0.15, 0.2) is 36.4 Å². The van der Waals surface area contributed by atoms with Crippen molar-refractivity contribution in [3.8, 4) is 0 Å². The van der Waals surface area contributed by atoms with Gasteiger partial charge in [0.2, 0.25) is 0 Å². The number of carboxylic acids is 1. The van der Waals surface area contributed by atoms with Crippen molar-refractivity contribution in [3.05, 3.63) is 63.1 Å². The van der Waals surface area contributed by atoms with E-state index in [-0.39, 0.29) is 27.1 Å². The van der Waals surface area contributed by atoms with E-state index in [0.29, 0.717) is 17.9 Å². The second-order valence-electron chi connectivity index (χ2n) is 6.14. The Morgan fingerprint density at radius 2 is 1.59 bits per heavy atom. The molecule has 142 valence electrons. The van der Waals surface area contributed by atoms with Crippen LogP contribution in [0, 0.1) is 5.92 Å². The fourth-order valence-corrected chi connectivity index (χ4v) is 2.45. The summed E-state index contributed by atoms with van der Waals surface area (Å²) in [5, 5.41) is 11.9. The van der Waals surface area contributed by atoms with Gasteiger partial charge in [-0.25, -0.2) is 9.59 Å². The number of ether oxygens (including phenoxy) is 1. The molecule has 6 nitrogen and oxygen atoms in total. The molecule has 0 atom stereocenters. The standard InChI is InChI=1S/C19H17Cl2NO5/c1-10(2)9-27-19(26)11-3-5-12(6-4-11)22-17(23)13-7-15(20)16(21)8-14(13)18(24)25/h3-8,10H,9H2,1-2H3,(H,22,23)(H,24,25). The van der Waals surface area contributed by atoms with E-state index in [4.69, 9.17) is 27.9 Å². The van der Waals surface area contributed by atoms with Gasteiger partial charge < -0.3 is 15.2 Å². The molecule has 2 aromatic rings. The number of carbonyl (C=O) groups excluding carboxylic acids is 2. The van der Waals surface area contributed by atoms with E-state index in [1.807, 2.05) is 13.8 Å². The second-order valence-corrected chi connectivity index (χ2v) is 6.96. The number of halogens is 2. The third kappa shape index (κ3) is 5.45. The van der Waals surface area contributed by atoms with Gasteiger partial charge in [0.05, 0.1) is 33.3 Å². The molecule has 0 saturated carbocycles. The predicted molar refractivity (Wildman–Crippen MR) is 103 cm³/mol. The zero-order valence-electron chi connectivity index (χ0n) is 14.6. The lowest BCUT2D eigenvalue weighted by atomic mass is 10.1. The van der Waals surface area contributed by atoms with Gasteiger partial charge in [-0.15, -0.1) is 0 Å². The number of anilines is 1. The molecule has 0 fully saturated rings. The average molecular weight is 410 g/mol. The smallest absolute Gasteiger partial charge is 0.338 e. The van der Waals surface area contributed by atoms with Gasteiger partial charge in [0.25, 0.3) is 5.91 Å². The molecule has 0 heterocycles. The number of aromatic carboxylic acids is 1. The van der Waals surface area contributed by atoms with E-state index < -0.39 is 17.8 Å². The Balaban J connectivity index is 2.16. The summed E-state index contributed by atoms with van der Waals surface area (Å²) in [6.07, 6.45) is 0. The van der Waals surface area contributed by atoms with Crippen molar-refractivity contribution in [1.29, 1.82) is 0 Å². The normalized spacial score (nSPS) is 10.6. The van der Waals surface area contributed by atoms with Crippen LogP contribution in [0.2, 0.25) is 10.0 Å². The highest BCUT2D eigenvalue weighted by atomic mass is 35.5. The van der Waals surface area contributed by atoms with E-state index in [1.165, 1.54) is 30.3 Å². The Hall–Kier alpha value is -2.57. The number of esters is 1. The van der Waals surface area contributed by atoms with Gasteiger partial charge in [0.15, 0.2) is 0 Å². The molecule has 2 N–H and O–H groups in total. The van der Waals surface area contributed by atoms with Gasteiger partial charge in [-0.1, -0.05) is 37.0 Å². The summed E-state index contributed by atoms with van der Waals surface area (Å²) in [4.78, 5) is 35.7. The average Bonchev–Trinajstić information content (AvgIpc) is 2.61. The van der Waals surface area contributed by atoms with Crippen molar-refractivity contribution in [2.24, 2.45) is 5.92 Å². The van der Waals surface area contributed by atoms with Gasteiger partial charge in [-0.05, 0) is 42.3 Å². The summed E-state index contributed by atoms with van der Waals surface area (Å²) < 4.78 is 5.13. The summed E-state index contributed by atoms with van der Waals surface area (Å²) in [5.74, 6) is -2.20. The van der Waals surface area contributed by atoms with Gasteiger partial charge in [-0.3, -0.25) is 4.79 Å². The SMILES string of the molecule is CC(C)COC(=O)c1ccc(NC(=O)c2cc(Cl)c(Cl)cc2C(=O)O)cc1. The summed E-state index contributed by atoms with van der Waals surface area (Å²) >= 11 is 11.7. The highest BCUT2D eigenvalue weighted by Gasteiger charge is 2.19. The summed E-state index contributed by atoms with van der Waals surface area (Å²) in [7, 11) is 0. The Morgan fingerprint density at radius 3 is 2.11 bits per heavy atom. The molecule has 0 bridgehead atoms. The topological polar surface area (TPSA) is 92.7 Å². The monoisotopic (exact) mass is 409 g/mol. The molecule has 0 saturated heterocycles. The summed E-state index contributed by atoms with van der Waals surface area (Å²) in [6, 6.07) is 8.36. The lowest BCUT2D eigenvalue weighted by Gasteiger charge is -2.10. The number of hydrogen-bond acceptors (Lipinski definition) is 4. The van der Waals surface area contributed by atoms with Crippen LogP contribution < -0.4 is 5.32 Å². The van der Waals surface area contributed by atoms with Crippen molar-refractivity contribution in [3.63, 3.8) is 0 Å². The Labute approximate surface area is 166 Å². The van der Waals surface area contributed by atoms with E-state index >= 15 is 0 Å². The minimum Gasteiger partial charge on any atom is -0.478 e. The van der Waals surface area contributed by atoms with Gasteiger partial charge in [-0.2, -0.15) is 0 Å². The highest BCUT2D eigenvalue weighted by molar-refractivity contribution is 6.42. The summed E-state index contributed by atoms with van der Waals surface area (Å²) in [6.45, 7) is 4.17. The zero-order chi connectivity index (χ0) is 20.1. The number of carboxylic acid groups (broad SMARTS) is 1. The first-order valence-electron chi connectivity index (χ1n) is 8.00. The van der Waals surface area contributed by atoms with Crippen LogP contribution >= 0.6 is 23.2 Å². The highest BCUT2D eigenvalue weighted by Crippen LogP contribution is 2.27. The van der Waals surface area contributed by atoms with Crippen LogP contribution in [0.5, 0.6) is 0 Å². The van der Waals surface area contributed by atoms with Crippen LogP contribution in [0.4, 0.5) is 5.69 Å². The maximum absolute atomic E-state index is 12.4. The van der Waals surface area contributed by atoms with E-state index in [0.717, 1.165) is 6.07 Å². The van der Waals surface area contributed by atoms with E-state index in [9.17, 15) is 19.5 Å². The molecule has 8 heteroatoms. The van der Waals surface area contributed by atoms with E-state index in [1.54, 1.807) is 0 Å². The number of nitrogens with one attached hydrogen (secondary N) is 1. The minimum absolute atomic E-state index is 0.0369. The van der Waals surface area contributed by atoms with Gasteiger partial charge in [0.1, 0.15) is 0 Å². The number of hydrogen-bond donors (Lipinski definition) is 2. The van der Waals surface area contributed by atoms with Gasteiger partial charge >= 0.3 is 11.9 Å². The third-order valence-electron chi connectivity index (χ3n) is 3.46. The van der Waals surface area contributed by atoms with Crippen molar-refractivity contribution in [2.45, 2.75) is 13.8 Å². The van der Waals surface area contributed by atoms with Crippen LogP contribution in [0.3, 0.4) is 0 Å². The Bertz CT molecular complexity index is 878. The minimum atomic E-state index is -1.30. The molecule has 0 unspecified atom stereocenters. The van der Waals surface area contributed by atoms with Crippen molar-refractivity contribution in [1.82, 2.24) is 0 Å². The Kier molecular flexibility index (Phi) is 6.82. The molecule has 27 heavy (non-hydrogen) atoms. The molecular weight excluding hydrogens is 393 g/mol. The predicted octanol–water partition coefficient (Wildman–Crippen LogP) is 4.76. The molecule has 0 aromatic heterocycles. The zero-order valence-corrected chi connectivity index (χ0v) is 16.1. The maximum atomic E-state index is 12.4. The van der Waals surface area contributed by atoms with Crippen molar-refractivity contribution >= 4 is 46.7 Å². The molecule has 0 radical (unpaired) electrons. The summed E-state index contributed by atoms with van der Waals surface area (Å²) in [5.41, 5.74) is 0.324. The number of carbonyl (C=O) groups is 3. The first-order chi connectivity index (χ1) is 12.7. The second kappa shape index (κ2) is 8.88. The number of rotatable bonds is 6. The first kappa shape index (κ1) is 20.7. The first-order valence-corrected chi connectivity index (χ1v) is 8.75. The molecule has 1 amide bonds. The molecule has 0 spiro atoms. The maximum Gasteiger partial charge on any atom is 0.338 e. The molecule has 2 rings (SSSR count). The molecule has 0 aliphatic heterocycles. The Morgan fingerprint density at radius 1 is 1.04 bits per heavy atom. The quantitative estimate of drug-likeness (QED) is 0.670. The van der Waals surface area contributed by atoms with Crippen LogP contribution in [-0.2, 0) is 4.74 Å². The lowest BCUT2D eigenvalue weighted by molar-refractivity contribution is 0.0458. The molecule has 0 aliphatic carbocycles. The fraction of sp³-hybridized carbons (Fsp3) is 0.211. The van der Waals surface area contributed by atoms with E-state index in [2.05, 4.69) is 5.32 Å². The third-order valence-corrected chi connectivity index (χ3v) is 4.18. The lowest BCUT2D eigenvalue weighted by Crippen LogP contribution is -2.17. The van der Waals surface area contributed by atoms with Crippen molar-refractivity contribution < 1.29 is 24.2 Å². The van der Waals surface area contributed by atoms with Crippen LogP contribution in [0.25, 0.3) is 0 Å².